The van der Waals surface area contributed by atoms with Gasteiger partial charge in [0.25, 0.3) is 0 Å². The highest BCUT2D eigenvalue weighted by Crippen LogP contribution is 2.43. The maximum Gasteiger partial charge on any atom is 0.472 e. The van der Waals surface area contributed by atoms with E-state index in [1.165, 1.54) is 205 Å². The summed E-state index contributed by atoms with van der Waals surface area (Å²) in [6.07, 6.45) is 75.1. The first kappa shape index (κ1) is 76.7. The van der Waals surface area contributed by atoms with E-state index in [-0.39, 0.29) is 31.5 Å². The minimum atomic E-state index is -4.45. The number of hydrogen-bond acceptors (Lipinski definition) is 6. The van der Waals surface area contributed by atoms with E-state index in [0.717, 1.165) is 77.0 Å². The first-order valence-corrected chi connectivity index (χ1v) is 35.1. The van der Waals surface area contributed by atoms with Gasteiger partial charge in [0.05, 0.1) is 33.8 Å². The van der Waals surface area contributed by atoms with E-state index < -0.39 is 20.0 Å². The number of ether oxygens (including phenoxy) is 1. The zero-order chi connectivity index (χ0) is 57.9. The number of phosphoric acid groups is 1. The van der Waals surface area contributed by atoms with Gasteiger partial charge in [-0.25, -0.2) is 4.57 Å². The lowest BCUT2D eigenvalue weighted by molar-refractivity contribution is -0.870. The number of amides is 1. The van der Waals surface area contributed by atoms with Crippen LogP contribution in [0.1, 0.15) is 316 Å². The van der Waals surface area contributed by atoms with Crippen LogP contribution in [0.15, 0.2) is 60.8 Å². The third kappa shape index (κ3) is 60.1. The Hall–Kier alpha value is -2.29. The number of nitrogens with zero attached hydrogens (tertiary/aromatic N) is 1. The predicted molar refractivity (Wildman–Crippen MR) is 342 cm³/mol. The quantitative estimate of drug-likeness (QED) is 0.0156. The third-order valence-electron chi connectivity index (χ3n) is 15.0. The van der Waals surface area contributed by atoms with E-state index >= 15 is 0 Å². The van der Waals surface area contributed by atoms with Crippen LogP contribution in [-0.2, 0) is 27.9 Å². The van der Waals surface area contributed by atoms with Crippen molar-refractivity contribution in [2.24, 2.45) is 0 Å². The van der Waals surface area contributed by atoms with Crippen LogP contribution in [0.5, 0.6) is 0 Å². The summed E-state index contributed by atoms with van der Waals surface area (Å²) in [5.74, 6) is -0.509. The molecule has 3 atom stereocenters. The fraction of sp³-hybridized carbons (Fsp3) is 0.826. The number of phosphoric ester groups is 1. The van der Waals surface area contributed by atoms with Crippen molar-refractivity contribution in [2.75, 3.05) is 40.9 Å². The number of unbranched alkanes of at least 4 members (excludes halogenated alkanes) is 39. The third-order valence-corrected chi connectivity index (χ3v) is 16.0. The number of quaternary nitrogens is 1. The number of nitrogens with one attached hydrogen (secondary N) is 1. The Kier molecular flexibility index (Phi) is 57.2. The average Bonchev–Trinajstić information content (AvgIpc) is 3.41. The van der Waals surface area contributed by atoms with Gasteiger partial charge in [0.15, 0.2) is 0 Å². The summed E-state index contributed by atoms with van der Waals surface area (Å²) in [7, 11) is 1.49. The lowest BCUT2D eigenvalue weighted by atomic mass is 10.0. The van der Waals surface area contributed by atoms with Crippen molar-refractivity contribution in [3.05, 3.63) is 60.8 Å². The van der Waals surface area contributed by atoms with Crippen molar-refractivity contribution in [1.29, 1.82) is 0 Å². The Morgan fingerprint density at radius 2 is 0.823 bits per heavy atom. The van der Waals surface area contributed by atoms with Crippen LogP contribution in [0, 0.1) is 0 Å². The van der Waals surface area contributed by atoms with Gasteiger partial charge in [-0.2, -0.15) is 0 Å². The van der Waals surface area contributed by atoms with Crippen molar-refractivity contribution in [3.63, 3.8) is 0 Å². The molecule has 0 aliphatic heterocycles. The fourth-order valence-corrected chi connectivity index (χ4v) is 10.6. The van der Waals surface area contributed by atoms with Gasteiger partial charge < -0.3 is 19.4 Å². The van der Waals surface area contributed by atoms with E-state index in [2.05, 4.69) is 74.7 Å². The zero-order valence-corrected chi connectivity index (χ0v) is 53.8. The molecule has 462 valence electrons. The molecular weight excluding hydrogens is 1000 g/mol. The molecule has 0 heterocycles. The van der Waals surface area contributed by atoms with Crippen LogP contribution < -0.4 is 5.32 Å². The number of allylic oxidation sites excluding steroid dienone is 9. The Morgan fingerprint density at radius 3 is 1.24 bits per heavy atom. The highest BCUT2D eigenvalue weighted by atomic mass is 31.2. The topological polar surface area (TPSA) is 111 Å². The summed E-state index contributed by atoms with van der Waals surface area (Å²) < 4.78 is 30.8. The van der Waals surface area contributed by atoms with Crippen LogP contribution in [0.2, 0.25) is 0 Å². The smallest absolute Gasteiger partial charge is 0.456 e. The Balaban J connectivity index is 5.09. The summed E-state index contributed by atoms with van der Waals surface area (Å²) in [5.41, 5.74) is 0. The second kappa shape index (κ2) is 58.9. The average molecular weight is 1130 g/mol. The molecule has 0 saturated heterocycles. The highest BCUT2D eigenvalue weighted by Gasteiger charge is 2.30. The number of carbonyl (C=O) groups excluding carboxylic acids is 2. The SMILES string of the molecule is CC/C=C/C=C/C=C/CCCCCCCCCC(=O)OC(/C=C\CCCCCCCCCCCCC)C(COP(=O)(O)OCC[N+](C)(C)C)NC(=O)CCCCCCCCCCCCCCCCC/C=C/CCCCCCCC. The molecule has 0 radical (unpaired) electrons. The maximum atomic E-state index is 13.6. The molecule has 0 rings (SSSR count). The van der Waals surface area contributed by atoms with Crippen LogP contribution in [-0.4, -0.2) is 74.3 Å². The molecular formula is C69H130N2O7P+. The monoisotopic (exact) mass is 1130 g/mol. The first-order chi connectivity index (χ1) is 38.4. The van der Waals surface area contributed by atoms with E-state index in [9.17, 15) is 19.0 Å². The number of esters is 1. The Labute approximate surface area is 490 Å². The Morgan fingerprint density at radius 1 is 0.456 bits per heavy atom. The van der Waals surface area contributed by atoms with E-state index in [4.69, 9.17) is 13.8 Å². The first-order valence-electron chi connectivity index (χ1n) is 33.6. The second-order valence-electron chi connectivity index (χ2n) is 24.0. The standard InChI is InChI=1S/C69H129N2O7P/c1-7-10-13-16-19-22-25-28-30-31-32-33-34-35-36-37-38-39-41-43-46-49-52-55-58-61-68(72)70-66(65-77-79(74,75)76-64-63-71(4,5)6)67(60-57-54-51-48-45-42-27-24-21-18-15-12-9-3)78-69(73)62-59-56-53-50-47-44-40-29-26-23-20-17-14-11-8-2/h11,14,17,20,23,26,28,30,57,60,66-67H,7-10,12-13,15-16,18-19,21-22,24-25,27,29,31-56,58-59,61-65H2,1-6H3,(H-,70,72,74,75)/p+1/b14-11+,20-17+,26-23+,30-28+,60-57-. The van der Waals surface area contributed by atoms with Crippen molar-refractivity contribution in [2.45, 2.75) is 328 Å². The molecule has 0 aromatic carbocycles. The number of carbonyl (C=O) groups is 2. The summed E-state index contributed by atoms with van der Waals surface area (Å²) in [4.78, 5) is 37.8. The summed E-state index contributed by atoms with van der Waals surface area (Å²) in [6.45, 7) is 6.91. The molecule has 3 unspecified atom stereocenters. The molecule has 0 fully saturated rings. The normalized spacial score (nSPS) is 14.0. The lowest BCUT2D eigenvalue weighted by Crippen LogP contribution is -2.47. The predicted octanol–water partition coefficient (Wildman–Crippen LogP) is 21.0. The van der Waals surface area contributed by atoms with Crippen LogP contribution in [0.4, 0.5) is 0 Å². The van der Waals surface area contributed by atoms with Gasteiger partial charge in [-0.1, -0.05) is 287 Å². The van der Waals surface area contributed by atoms with E-state index in [0.29, 0.717) is 17.4 Å². The van der Waals surface area contributed by atoms with Crippen molar-refractivity contribution in [3.8, 4) is 0 Å². The van der Waals surface area contributed by atoms with Gasteiger partial charge in [-0.15, -0.1) is 0 Å². The number of likely N-dealkylation sites (N-methyl/N-ethyl adjacent to an activating group) is 1. The lowest BCUT2D eigenvalue weighted by Gasteiger charge is -2.27. The van der Waals surface area contributed by atoms with Crippen molar-refractivity contribution in [1.82, 2.24) is 5.32 Å². The van der Waals surface area contributed by atoms with Gasteiger partial charge in [0.1, 0.15) is 19.3 Å². The maximum absolute atomic E-state index is 13.6. The molecule has 0 bridgehead atoms. The van der Waals surface area contributed by atoms with Crippen molar-refractivity contribution < 1.29 is 37.3 Å². The van der Waals surface area contributed by atoms with E-state index in [1.54, 1.807) is 0 Å². The minimum absolute atomic E-state index is 0.0380. The van der Waals surface area contributed by atoms with Crippen LogP contribution >= 0.6 is 7.82 Å². The molecule has 2 N–H and O–H groups in total. The molecule has 0 aliphatic rings. The van der Waals surface area contributed by atoms with E-state index in [1.807, 2.05) is 33.3 Å². The van der Waals surface area contributed by atoms with Crippen molar-refractivity contribution >= 4 is 19.7 Å². The second-order valence-corrected chi connectivity index (χ2v) is 25.5. The molecule has 10 heteroatoms. The minimum Gasteiger partial charge on any atom is -0.456 e. The molecule has 0 aromatic heterocycles. The largest absolute Gasteiger partial charge is 0.472 e. The van der Waals surface area contributed by atoms with Gasteiger partial charge in [0.2, 0.25) is 5.91 Å². The van der Waals surface area contributed by atoms with Crippen LogP contribution in [0.3, 0.4) is 0 Å². The van der Waals surface area contributed by atoms with Gasteiger partial charge in [-0.3, -0.25) is 18.6 Å². The fourth-order valence-electron chi connectivity index (χ4n) is 9.82. The van der Waals surface area contributed by atoms with Gasteiger partial charge in [-0.05, 0) is 76.7 Å². The molecule has 0 aromatic rings. The van der Waals surface area contributed by atoms with Gasteiger partial charge in [0, 0.05) is 12.8 Å². The highest BCUT2D eigenvalue weighted by molar-refractivity contribution is 7.47. The number of rotatable bonds is 61. The molecule has 0 spiro atoms. The van der Waals surface area contributed by atoms with Gasteiger partial charge >= 0.3 is 13.8 Å². The molecule has 0 aliphatic carbocycles. The summed E-state index contributed by atoms with van der Waals surface area (Å²) in [5, 5.41) is 3.07. The molecule has 0 saturated carbocycles. The molecule has 79 heavy (non-hydrogen) atoms. The summed E-state index contributed by atoms with van der Waals surface area (Å²) in [6, 6.07) is -0.854. The Bertz CT molecular complexity index is 1540. The van der Waals surface area contributed by atoms with Crippen LogP contribution in [0.25, 0.3) is 0 Å². The molecule has 9 nitrogen and oxygen atoms in total. The summed E-state index contributed by atoms with van der Waals surface area (Å²) >= 11 is 0. The number of hydrogen-bond donors (Lipinski definition) is 2. The zero-order valence-electron chi connectivity index (χ0n) is 52.9. The molecule has 1 amide bonds.